The van der Waals surface area contributed by atoms with Gasteiger partial charge in [-0.05, 0) is 41.0 Å². The maximum atomic E-state index is 13.8. The molecule has 2 rings (SSSR count). The zero-order chi connectivity index (χ0) is 13.3. The van der Waals surface area contributed by atoms with Gasteiger partial charge in [0.25, 0.3) is 5.91 Å². The van der Waals surface area contributed by atoms with E-state index in [1.807, 2.05) is 0 Å². The summed E-state index contributed by atoms with van der Waals surface area (Å²) in [6.07, 6.45) is 0.883. The van der Waals surface area contributed by atoms with Crippen LogP contribution < -0.4 is 5.32 Å². The van der Waals surface area contributed by atoms with E-state index in [0.29, 0.717) is 9.50 Å². The van der Waals surface area contributed by atoms with Crippen LogP contribution in [0.2, 0.25) is 5.02 Å². The topological polar surface area (TPSA) is 32.3 Å². The number of benzene rings is 1. The van der Waals surface area contributed by atoms with Crippen molar-refractivity contribution in [2.75, 3.05) is 20.1 Å². The summed E-state index contributed by atoms with van der Waals surface area (Å²) in [6, 6.07) is 2.69. The van der Waals surface area contributed by atoms with Crippen LogP contribution in [-0.2, 0) is 0 Å². The molecule has 1 aromatic carbocycles. The van der Waals surface area contributed by atoms with Crippen LogP contribution in [0.15, 0.2) is 16.6 Å². The van der Waals surface area contributed by atoms with Gasteiger partial charge in [-0.15, -0.1) is 12.4 Å². The molecule has 3 nitrogen and oxygen atoms in total. The van der Waals surface area contributed by atoms with Gasteiger partial charge in [0.1, 0.15) is 5.82 Å². The number of carbonyl (C=O) groups excluding carboxylic acids is 1. The Hall–Kier alpha value is -0.360. The number of likely N-dealkylation sites (N-methyl/N-ethyl adjacent to an activating group) is 1. The molecule has 0 radical (unpaired) electrons. The Kier molecular flexibility index (Phi) is 6.05. The van der Waals surface area contributed by atoms with Crippen molar-refractivity contribution in [3.05, 3.63) is 33.0 Å². The van der Waals surface area contributed by atoms with Crippen LogP contribution in [-0.4, -0.2) is 37.0 Å². The van der Waals surface area contributed by atoms with E-state index < -0.39 is 5.82 Å². The second-order valence-corrected chi connectivity index (χ2v) is 5.57. The lowest BCUT2D eigenvalue weighted by atomic mass is 10.1. The van der Waals surface area contributed by atoms with Crippen LogP contribution >= 0.6 is 39.9 Å². The standard InChI is InChI=1S/C12H13BrClFN2O.ClH/c1-17(7-2-3-16-6-7)12(18)8-4-10(14)9(13)5-11(8)15;/h4-5,7,16H,2-3,6H2,1H3;1H/t7-;/m1./s1. The first-order chi connectivity index (χ1) is 8.50. The molecule has 0 aromatic heterocycles. The van der Waals surface area contributed by atoms with Crippen LogP contribution in [0.3, 0.4) is 0 Å². The van der Waals surface area contributed by atoms with Crippen LogP contribution in [0.5, 0.6) is 0 Å². The zero-order valence-corrected chi connectivity index (χ0v) is 13.4. The van der Waals surface area contributed by atoms with Crippen LogP contribution in [0.1, 0.15) is 16.8 Å². The molecule has 1 amide bonds. The summed E-state index contributed by atoms with van der Waals surface area (Å²) in [4.78, 5) is 13.8. The molecule has 1 saturated heterocycles. The highest BCUT2D eigenvalue weighted by Gasteiger charge is 2.26. The average Bonchev–Trinajstić information content (AvgIpc) is 2.85. The second-order valence-electron chi connectivity index (χ2n) is 4.31. The maximum Gasteiger partial charge on any atom is 0.256 e. The third kappa shape index (κ3) is 3.60. The number of hydrogen-bond acceptors (Lipinski definition) is 2. The highest BCUT2D eigenvalue weighted by molar-refractivity contribution is 9.10. The predicted molar refractivity (Wildman–Crippen MR) is 79.7 cm³/mol. The van der Waals surface area contributed by atoms with Crippen molar-refractivity contribution in [2.45, 2.75) is 12.5 Å². The number of nitrogens with zero attached hydrogens (tertiary/aromatic N) is 1. The summed E-state index contributed by atoms with van der Waals surface area (Å²) in [5, 5.41) is 3.50. The average molecular weight is 372 g/mol. The molecule has 1 N–H and O–H groups in total. The van der Waals surface area contributed by atoms with Gasteiger partial charge in [0.2, 0.25) is 0 Å². The monoisotopic (exact) mass is 370 g/mol. The first-order valence-electron chi connectivity index (χ1n) is 5.63. The second kappa shape index (κ2) is 6.88. The van der Waals surface area contributed by atoms with Gasteiger partial charge in [0, 0.05) is 24.1 Å². The highest BCUT2D eigenvalue weighted by atomic mass is 79.9. The fraction of sp³-hybridized carbons (Fsp3) is 0.417. The van der Waals surface area contributed by atoms with Crippen LogP contribution in [0.4, 0.5) is 4.39 Å². The first-order valence-corrected chi connectivity index (χ1v) is 6.80. The van der Waals surface area contributed by atoms with E-state index in [2.05, 4.69) is 21.2 Å². The van der Waals surface area contributed by atoms with Crippen molar-refractivity contribution in [2.24, 2.45) is 0 Å². The van der Waals surface area contributed by atoms with Gasteiger partial charge < -0.3 is 10.2 Å². The van der Waals surface area contributed by atoms with E-state index in [0.717, 1.165) is 19.5 Å². The van der Waals surface area contributed by atoms with Crippen molar-refractivity contribution >= 4 is 45.8 Å². The van der Waals surface area contributed by atoms with Gasteiger partial charge in [-0.25, -0.2) is 4.39 Å². The van der Waals surface area contributed by atoms with Gasteiger partial charge >= 0.3 is 0 Å². The summed E-state index contributed by atoms with van der Waals surface area (Å²) in [5.41, 5.74) is 0.0117. The minimum Gasteiger partial charge on any atom is -0.337 e. The fourth-order valence-electron chi connectivity index (χ4n) is 2.01. The summed E-state index contributed by atoms with van der Waals surface area (Å²) in [7, 11) is 1.69. The maximum absolute atomic E-state index is 13.8. The minimum atomic E-state index is -0.561. The lowest BCUT2D eigenvalue weighted by Gasteiger charge is -2.24. The molecule has 1 aromatic rings. The van der Waals surface area contributed by atoms with E-state index >= 15 is 0 Å². The van der Waals surface area contributed by atoms with Gasteiger partial charge in [0.05, 0.1) is 10.6 Å². The molecule has 0 aliphatic carbocycles. The molecule has 106 valence electrons. The fourth-order valence-corrected chi connectivity index (χ4v) is 2.49. The van der Waals surface area contributed by atoms with E-state index in [1.54, 1.807) is 11.9 Å². The minimum absolute atomic E-state index is 0. The molecule has 0 saturated carbocycles. The summed E-state index contributed by atoms with van der Waals surface area (Å²) >= 11 is 9.02. The quantitative estimate of drug-likeness (QED) is 0.810. The Balaban J connectivity index is 0.00000180. The highest BCUT2D eigenvalue weighted by Crippen LogP contribution is 2.26. The van der Waals surface area contributed by atoms with E-state index in [9.17, 15) is 9.18 Å². The Bertz CT molecular complexity index is 481. The molecule has 0 spiro atoms. The van der Waals surface area contributed by atoms with Gasteiger partial charge in [-0.1, -0.05) is 11.6 Å². The Labute approximate surface area is 131 Å². The summed E-state index contributed by atoms with van der Waals surface area (Å²) in [6.45, 7) is 1.62. The van der Waals surface area contributed by atoms with Gasteiger partial charge in [-0.2, -0.15) is 0 Å². The van der Waals surface area contributed by atoms with Crippen LogP contribution in [0.25, 0.3) is 0 Å². The van der Waals surface area contributed by atoms with Crippen molar-refractivity contribution in [1.29, 1.82) is 0 Å². The number of hydrogen-bond donors (Lipinski definition) is 1. The lowest BCUT2D eigenvalue weighted by Crippen LogP contribution is -2.38. The Morgan fingerprint density at radius 1 is 1.58 bits per heavy atom. The number of halogens is 4. The molecule has 1 heterocycles. The van der Waals surface area contributed by atoms with Gasteiger partial charge in [0.15, 0.2) is 0 Å². The van der Waals surface area contributed by atoms with Crippen molar-refractivity contribution < 1.29 is 9.18 Å². The summed E-state index contributed by atoms with van der Waals surface area (Å²) in [5.74, 6) is -0.898. The third-order valence-corrected chi connectivity index (χ3v) is 4.34. The lowest BCUT2D eigenvalue weighted by molar-refractivity contribution is 0.0739. The van der Waals surface area contributed by atoms with Crippen LogP contribution in [0, 0.1) is 5.82 Å². The van der Waals surface area contributed by atoms with Crippen molar-refractivity contribution in [3.8, 4) is 0 Å². The molecule has 0 bridgehead atoms. The number of carbonyl (C=O) groups is 1. The van der Waals surface area contributed by atoms with Crippen molar-refractivity contribution in [3.63, 3.8) is 0 Å². The molecular weight excluding hydrogens is 358 g/mol. The predicted octanol–water partition coefficient (Wildman–Crippen LogP) is 3.10. The number of rotatable bonds is 2. The molecule has 0 unspecified atom stereocenters. The van der Waals surface area contributed by atoms with Gasteiger partial charge in [-0.3, -0.25) is 4.79 Å². The van der Waals surface area contributed by atoms with E-state index in [1.165, 1.54) is 12.1 Å². The Morgan fingerprint density at radius 3 is 2.84 bits per heavy atom. The summed E-state index contributed by atoms with van der Waals surface area (Å²) < 4.78 is 14.2. The molecule has 19 heavy (non-hydrogen) atoms. The molecule has 1 atom stereocenters. The number of amides is 1. The van der Waals surface area contributed by atoms with E-state index in [-0.39, 0.29) is 29.9 Å². The number of nitrogens with one attached hydrogen (secondary N) is 1. The molecule has 7 heteroatoms. The smallest absolute Gasteiger partial charge is 0.256 e. The van der Waals surface area contributed by atoms with Crippen molar-refractivity contribution in [1.82, 2.24) is 10.2 Å². The third-order valence-electron chi connectivity index (χ3n) is 3.14. The SMILES string of the molecule is CN(C(=O)c1cc(Cl)c(Br)cc1F)[C@@H]1CCNC1.Cl. The zero-order valence-electron chi connectivity index (χ0n) is 10.3. The Morgan fingerprint density at radius 2 is 2.26 bits per heavy atom. The van der Waals surface area contributed by atoms with E-state index in [4.69, 9.17) is 11.6 Å². The molecule has 1 aliphatic heterocycles. The molecular formula is C12H14BrCl2FN2O. The normalized spacial score (nSPS) is 18.0. The molecule has 1 fully saturated rings. The largest absolute Gasteiger partial charge is 0.337 e. The molecule has 1 aliphatic rings. The first kappa shape index (κ1) is 16.7.